The van der Waals surface area contributed by atoms with Crippen LogP contribution >= 0.6 is 0 Å². The van der Waals surface area contributed by atoms with Crippen LogP contribution in [0.1, 0.15) is 303 Å². The van der Waals surface area contributed by atoms with Crippen LogP contribution in [-0.2, 0) is 28.6 Å². The van der Waals surface area contributed by atoms with Crippen LogP contribution in [0.2, 0.25) is 0 Å². The van der Waals surface area contributed by atoms with Crippen LogP contribution in [0, 0.1) is 0 Å². The fraction of sp³-hybridized carbons (Fsp3) is 0.667. The Kier molecular flexibility index (Phi) is 64.3. The molecular formula is C75H124O6. The average molecular weight is 1120 g/mol. The van der Waals surface area contributed by atoms with Crippen LogP contribution in [0.3, 0.4) is 0 Å². The molecule has 0 rings (SSSR count). The highest BCUT2D eigenvalue weighted by Gasteiger charge is 2.19. The molecule has 81 heavy (non-hydrogen) atoms. The Morgan fingerprint density at radius 3 is 0.802 bits per heavy atom. The van der Waals surface area contributed by atoms with Crippen LogP contribution in [-0.4, -0.2) is 37.2 Å². The van der Waals surface area contributed by atoms with Gasteiger partial charge in [0.25, 0.3) is 0 Å². The molecule has 0 saturated heterocycles. The van der Waals surface area contributed by atoms with Crippen LogP contribution in [0.25, 0.3) is 0 Å². The summed E-state index contributed by atoms with van der Waals surface area (Å²) in [5.41, 5.74) is 0. The molecular weight excluding hydrogens is 997 g/mol. The van der Waals surface area contributed by atoms with E-state index in [1.54, 1.807) is 0 Å². The number of unbranched alkanes of at least 4 members (excludes halogenated alkanes) is 27. The molecule has 0 fully saturated rings. The van der Waals surface area contributed by atoms with Gasteiger partial charge < -0.3 is 14.2 Å². The van der Waals surface area contributed by atoms with Gasteiger partial charge in [0.05, 0.1) is 0 Å². The number of esters is 3. The Bertz CT molecular complexity index is 1720. The van der Waals surface area contributed by atoms with Gasteiger partial charge in [0.15, 0.2) is 6.10 Å². The zero-order valence-electron chi connectivity index (χ0n) is 52.8. The van der Waals surface area contributed by atoms with Gasteiger partial charge in [-0.2, -0.15) is 0 Å². The zero-order valence-corrected chi connectivity index (χ0v) is 52.8. The molecule has 0 amide bonds. The number of rotatable bonds is 60. The number of hydrogen-bond donors (Lipinski definition) is 0. The molecule has 1 unspecified atom stereocenters. The van der Waals surface area contributed by atoms with Gasteiger partial charge in [0, 0.05) is 19.3 Å². The molecule has 0 saturated carbocycles. The molecule has 0 aromatic carbocycles. The Hall–Kier alpha value is -4.45. The highest BCUT2D eigenvalue weighted by molar-refractivity contribution is 5.71. The molecule has 6 heteroatoms. The third kappa shape index (κ3) is 66.2. The normalized spacial score (nSPS) is 13.0. The lowest BCUT2D eigenvalue weighted by Crippen LogP contribution is -2.30. The van der Waals surface area contributed by atoms with Gasteiger partial charge in [-0.25, -0.2) is 0 Å². The molecule has 0 aliphatic rings. The van der Waals surface area contributed by atoms with Crippen molar-refractivity contribution in [3.05, 3.63) is 134 Å². The van der Waals surface area contributed by atoms with Crippen LogP contribution < -0.4 is 0 Å². The summed E-state index contributed by atoms with van der Waals surface area (Å²) in [5.74, 6) is -1.01. The first-order valence-electron chi connectivity index (χ1n) is 33.7. The maximum atomic E-state index is 12.9. The lowest BCUT2D eigenvalue weighted by molar-refractivity contribution is -0.167. The predicted octanol–water partition coefficient (Wildman–Crippen LogP) is 23.3. The molecule has 0 spiro atoms. The Balaban J connectivity index is 4.47. The SMILES string of the molecule is CC/C=C\C/C=C\C/C=C\C/C=C\C/C=C\C/C=C\CCCCC(=O)OC(COC(=O)CCC/C=C\C/C=C\C/C=C\C/C=C\C/C=C\CC)COC(=O)CCCCCCCCCCCCCCCCCCCCCCCCCCC. The second-order valence-electron chi connectivity index (χ2n) is 22.0. The third-order valence-electron chi connectivity index (χ3n) is 14.2. The minimum absolute atomic E-state index is 0.115. The molecule has 0 aliphatic heterocycles. The monoisotopic (exact) mass is 1120 g/mol. The van der Waals surface area contributed by atoms with Crippen molar-refractivity contribution in [1.82, 2.24) is 0 Å². The van der Waals surface area contributed by atoms with Crippen LogP contribution in [0.15, 0.2) is 134 Å². The van der Waals surface area contributed by atoms with E-state index in [0.717, 1.165) is 109 Å². The zero-order chi connectivity index (χ0) is 58.5. The summed E-state index contributed by atoms with van der Waals surface area (Å²) in [6.45, 7) is 6.36. The summed E-state index contributed by atoms with van der Waals surface area (Å²) in [4.78, 5) is 38.4. The van der Waals surface area contributed by atoms with Crippen molar-refractivity contribution in [1.29, 1.82) is 0 Å². The highest BCUT2D eigenvalue weighted by atomic mass is 16.6. The first kappa shape index (κ1) is 76.5. The van der Waals surface area contributed by atoms with Gasteiger partial charge in [-0.05, 0) is 109 Å². The quantitative estimate of drug-likeness (QED) is 0.0261. The van der Waals surface area contributed by atoms with E-state index in [-0.39, 0.29) is 44.0 Å². The van der Waals surface area contributed by atoms with Crippen LogP contribution in [0.4, 0.5) is 0 Å². The molecule has 0 radical (unpaired) electrons. The van der Waals surface area contributed by atoms with Crippen molar-refractivity contribution in [3.63, 3.8) is 0 Å². The van der Waals surface area contributed by atoms with Gasteiger partial charge in [-0.3, -0.25) is 14.4 Å². The molecule has 0 N–H and O–H groups in total. The van der Waals surface area contributed by atoms with Crippen molar-refractivity contribution >= 4 is 17.9 Å². The maximum Gasteiger partial charge on any atom is 0.306 e. The number of allylic oxidation sites excluding steroid dienone is 22. The van der Waals surface area contributed by atoms with Gasteiger partial charge >= 0.3 is 17.9 Å². The molecule has 0 bridgehead atoms. The van der Waals surface area contributed by atoms with E-state index in [1.807, 2.05) is 0 Å². The van der Waals surface area contributed by atoms with E-state index in [9.17, 15) is 14.4 Å². The Labute approximate surface area is 500 Å². The lowest BCUT2D eigenvalue weighted by Gasteiger charge is -2.18. The minimum Gasteiger partial charge on any atom is -0.462 e. The molecule has 1 atom stereocenters. The van der Waals surface area contributed by atoms with Gasteiger partial charge in [-0.15, -0.1) is 0 Å². The summed E-state index contributed by atoms with van der Waals surface area (Å²) in [6, 6.07) is 0. The Morgan fingerprint density at radius 2 is 0.494 bits per heavy atom. The largest absolute Gasteiger partial charge is 0.462 e. The molecule has 0 aromatic heterocycles. The number of ether oxygens (including phenoxy) is 3. The van der Waals surface area contributed by atoms with E-state index in [4.69, 9.17) is 14.2 Å². The number of carbonyl (C=O) groups excluding carboxylic acids is 3. The van der Waals surface area contributed by atoms with E-state index in [2.05, 4.69) is 154 Å². The standard InChI is InChI=1S/C75H124O6/c1-4-7-10-13-16-19-22-25-28-31-33-35-36-37-38-40-41-44-47-50-53-56-59-62-65-68-74(77)80-71-72(70-79-73(76)67-64-61-58-55-52-49-46-43-30-27-24-21-18-15-12-9-6-3)81-75(78)69-66-63-60-57-54-51-48-45-42-39-34-32-29-26-23-20-17-14-11-8-5-2/h8-9,11-12,17-18,20-21,26-27,29-30,34,39,45-46,48-49,54-55,57-58,72H,4-7,10,13-16,19,22-25,28,31-33,35-38,40-44,47,50-53,56,59-71H2,1-3H3/b11-8-,12-9-,20-17-,21-18-,29-26-,30-27-,39-34-,48-45-,49-46-,57-54-,58-55-. The lowest BCUT2D eigenvalue weighted by atomic mass is 10.0. The topological polar surface area (TPSA) is 78.9 Å². The second-order valence-corrected chi connectivity index (χ2v) is 22.0. The molecule has 6 nitrogen and oxygen atoms in total. The van der Waals surface area contributed by atoms with Gasteiger partial charge in [0.2, 0.25) is 0 Å². The van der Waals surface area contributed by atoms with Crippen molar-refractivity contribution in [3.8, 4) is 0 Å². The van der Waals surface area contributed by atoms with Crippen molar-refractivity contribution < 1.29 is 28.6 Å². The first-order chi connectivity index (χ1) is 40.0. The summed E-state index contributed by atoms with van der Waals surface area (Å²) in [7, 11) is 0. The molecule has 460 valence electrons. The van der Waals surface area contributed by atoms with Gasteiger partial charge in [-0.1, -0.05) is 309 Å². The maximum absolute atomic E-state index is 12.9. The van der Waals surface area contributed by atoms with Crippen LogP contribution in [0.5, 0.6) is 0 Å². The Morgan fingerprint density at radius 1 is 0.259 bits per heavy atom. The van der Waals surface area contributed by atoms with Crippen molar-refractivity contribution in [2.45, 2.75) is 309 Å². The van der Waals surface area contributed by atoms with Gasteiger partial charge in [0.1, 0.15) is 13.2 Å². The average Bonchev–Trinajstić information content (AvgIpc) is 3.47. The minimum atomic E-state index is -0.830. The van der Waals surface area contributed by atoms with E-state index >= 15 is 0 Å². The number of carbonyl (C=O) groups is 3. The highest BCUT2D eigenvalue weighted by Crippen LogP contribution is 2.17. The predicted molar refractivity (Wildman–Crippen MR) is 353 cm³/mol. The molecule has 0 aliphatic carbocycles. The molecule has 0 aromatic rings. The summed E-state index contributed by atoms with van der Waals surface area (Å²) in [5, 5.41) is 0. The summed E-state index contributed by atoms with van der Waals surface area (Å²) in [6.07, 6.45) is 96.3. The number of hydrogen-bond acceptors (Lipinski definition) is 6. The van der Waals surface area contributed by atoms with E-state index in [1.165, 1.54) is 141 Å². The fourth-order valence-corrected chi connectivity index (χ4v) is 9.19. The van der Waals surface area contributed by atoms with Crippen molar-refractivity contribution in [2.24, 2.45) is 0 Å². The first-order valence-corrected chi connectivity index (χ1v) is 33.7. The second kappa shape index (κ2) is 68.1. The fourth-order valence-electron chi connectivity index (χ4n) is 9.19. The molecule has 0 heterocycles. The van der Waals surface area contributed by atoms with Crippen molar-refractivity contribution in [2.75, 3.05) is 13.2 Å². The van der Waals surface area contributed by atoms with E-state index in [0.29, 0.717) is 19.3 Å². The summed E-state index contributed by atoms with van der Waals surface area (Å²) < 4.78 is 16.9. The van der Waals surface area contributed by atoms with E-state index < -0.39 is 6.10 Å². The smallest absolute Gasteiger partial charge is 0.306 e. The summed E-state index contributed by atoms with van der Waals surface area (Å²) >= 11 is 0. The third-order valence-corrected chi connectivity index (χ3v) is 14.2.